The minimum Gasteiger partial charge on any atom is -0.473 e. The fourth-order valence-electron chi connectivity index (χ4n) is 0.815. The van der Waals surface area contributed by atoms with E-state index < -0.39 is 5.82 Å². The molecule has 0 N–H and O–H groups in total. The SMILES string of the molecule is CC(C)Oc1ncc(C=O)cc1F. The quantitative estimate of drug-likeness (QED) is 0.671. The van der Waals surface area contributed by atoms with Crippen LogP contribution < -0.4 is 4.74 Å². The van der Waals surface area contributed by atoms with Crippen molar-refractivity contribution in [2.24, 2.45) is 0 Å². The lowest BCUT2D eigenvalue weighted by molar-refractivity contribution is 0.112. The molecular weight excluding hydrogens is 173 g/mol. The van der Waals surface area contributed by atoms with Gasteiger partial charge in [-0.3, -0.25) is 4.79 Å². The van der Waals surface area contributed by atoms with E-state index in [4.69, 9.17) is 4.74 Å². The first kappa shape index (κ1) is 9.64. The number of ether oxygens (including phenoxy) is 1. The number of carbonyl (C=O) groups is 1. The number of halogens is 1. The average Bonchev–Trinajstić information content (AvgIpc) is 2.08. The highest BCUT2D eigenvalue weighted by molar-refractivity contribution is 5.74. The zero-order valence-corrected chi connectivity index (χ0v) is 7.45. The molecule has 0 fully saturated rings. The zero-order chi connectivity index (χ0) is 9.84. The van der Waals surface area contributed by atoms with Crippen molar-refractivity contribution >= 4 is 6.29 Å². The Balaban J connectivity index is 2.91. The predicted molar refractivity (Wildman–Crippen MR) is 45.3 cm³/mol. The maximum Gasteiger partial charge on any atom is 0.250 e. The van der Waals surface area contributed by atoms with Crippen LogP contribution in [0.25, 0.3) is 0 Å². The van der Waals surface area contributed by atoms with Gasteiger partial charge in [-0.05, 0) is 19.9 Å². The summed E-state index contributed by atoms with van der Waals surface area (Å²) in [5.41, 5.74) is 0.202. The van der Waals surface area contributed by atoms with Gasteiger partial charge >= 0.3 is 0 Å². The summed E-state index contributed by atoms with van der Waals surface area (Å²) in [7, 11) is 0. The highest BCUT2D eigenvalue weighted by Gasteiger charge is 2.07. The third kappa shape index (κ3) is 2.50. The van der Waals surface area contributed by atoms with Crippen LogP contribution in [0.5, 0.6) is 5.88 Å². The molecule has 0 aromatic carbocycles. The van der Waals surface area contributed by atoms with E-state index in [2.05, 4.69) is 4.98 Å². The summed E-state index contributed by atoms with van der Waals surface area (Å²) in [6.45, 7) is 3.55. The molecule has 1 aromatic heterocycles. The highest BCUT2D eigenvalue weighted by Crippen LogP contribution is 2.14. The van der Waals surface area contributed by atoms with Gasteiger partial charge in [0.25, 0.3) is 5.88 Å². The normalized spacial score (nSPS) is 10.2. The van der Waals surface area contributed by atoms with Gasteiger partial charge in [0, 0.05) is 11.8 Å². The highest BCUT2D eigenvalue weighted by atomic mass is 19.1. The summed E-state index contributed by atoms with van der Waals surface area (Å²) < 4.78 is 18.1. The van der Waals surface area contributed by atoms with Crippen molar-refractivity contribution in [3.8, 4) is 5.88 Å². The number of aromatic nitrogens is 1. The molecule has 0 saturated heterocycles. The molecule has 0 aliphatic heterocycles. The summed E-state index contributed by atoms with van der Waals surface area (Å²) in [5.74, 6) is -0.682. The van der Waals surface area contributed by atoms with Gasteiger partial charge in [0.2, 0.25) is 0 Å². The molecular formula is C9H10FNO2. The van der Waals surface area contributed by atoms with Crippen LogP contribution in [-0.2, 0) is 0 Å². The summed E-state index contributed by atoms with van der Waals surface area (Å²) >= 11 is 0. The van der Waals surface area contributed by atoms with Crippen LogP contribution >= 0.6 is 0 Å². The summed E-state index contributed by atoms with van der Waals surface area (Å²) in [6, 6.07) is 1.09. The van der Waals surface area contributed by atoms with Crippen molar-refractivity contribution in [3.05, 3.63) is 23.6 Å². The van der Waals surface area contributed by atoms with Crippen molar-refractivity contribution in [2.75, 3.05) is 0 Å². The minimum atomic E-state index is -0.613. The Hall–Kier alpha value is -1.45. The van der Waals surface area contributed by atoms with Crippen molar-refractivity contribution in [2.45, 2.75) is 20.0 Å². The molecule has 70 valence electrons. The van der Waals surface area contributed by atoms with Gasteiger partial charge in [-0.15, -0.1) is 0 Å². The summed E-state index contributed by atoms with van der Waals surface area (Å²) in [4.78, 5) is 13.9. The number of pyridine rings is 1. The predicted octanol–water partition coefficient (Wildman–Crippen LogP) is 1.82. The largest absolute Gasteiger partial charge is 0.473 e. The second-order valence-electron chi connectivity index (χ2n) is 2.84. The molecule has 4 heteroatoms. The van der Waals surface area contributed by atoms with E-state index in [1.54, 1.807) is 13.8 Å². The van der Waals surface area contributed by atoms with Gasteiger partial charge in [-0.25, -0.2) is 9.37 Å². The standard InChI is InChI=1S/C9H10FNO2/c1-6(2)13-9-8(10)3-7(5-12)4-11-9/h3-6H,1-2H3. The molecule has 1 heterocycles. The Morgan fingerprint density at radius 1 is 1.62 bits per heavy atom. The van der Waals surface area contributed by atoms with Crippen molar-refractivity contribution in [1.29, 1.82) is 0 Å². The van der Waals surface area contributed by atoms with Gasteiger partial charge in [0.05, 0.1) is 6.10 Å². The third-order valence-corrected chi connectivity index (χ3v) is 1.31. The summed E-state index contributed by atoms with van der Waals surface area (Å²) in [6.07, 6.45) is 1.67. The van der Waals surface area contributed by atoms with Crippen LogP contribution in [0.2, 0.25) is 0 Å². The molecule has 1 rings (SSSR count). The molecule has 0 atom stereocenters. The van der Waals surface area contributed by atoms with E-state index in [9.17, 15) is 9.18 Å². The first-order chi connectivity index (χ1) is 6.13. The fraction of sp³-hybridized carbons (Fsp3) is 0.333. The number of hydrogen-bond acceptors (Lipinski definition) is 3. The lowest BCUT2D eigenvalue weighted by Gasteiger charge is -2.08. The molecule has 0 radical (unpaired) electrons. The number of rotatable bonds is 3. The van der Waals surface area contributed by atoms with Crippen molar-refractivity contribution in [3.63, 3.8) is 0 Å². The van der Waals surface area contributed by atoms with Gasteiger partial charge in [-0.1, -0.05) is 0 Å². The van der Waals surface area contributed by atoms with E-state index in [-0.39, 0.29) is 17.5 Å². The van der Waals surface area contributed by atoms with Crippen molar-refractivity contribution in [1.82, 2.24) is 4.98 Å². The minimum absolute atomic E-state index is 0.0689. The second kappa shape index (κ2) is 3.98. The van der Waals surface area contributed by atoms with E-state index in [0.717, 1.165) is 6.07 Å². The van der Waals surface area contributed by atoms with E-state index in [1.807, 2.05) is 0 Å². The van der Waals surface area contributed by atoms with E-state index in [0.29, 0.717) is 6.29 Å². The topological polar surface area (TPSA) is 39.2 Å². The van der Waals surface area contributed by atoms with Crippen LogP contribution in [0.15, 0.2) is 12.3 Å². The molecule has 0 amide bonds. The Morgan fingerprint density at radius 3 is 2.77 bits per heavy atom. The van der Waals surface area contributed by atoms with Crippen molar-refractivity contribution < 1.29 is 13.9 Å². The maximum atomic E-state index is 13.1. The number of hydrogen-bond donors (Lipinski definition) is 0. The molecule has 0 aliphatic carbocycles. The molecule has 3 nitrogen and oxygen atoms in total. The zero-order valence-electron chi connectivity index (χ0n) is 7.45. The number of aldehydes is 1. The van der Waals surface area contributed by atoms with E-state index >= 15 is 0 Å². The molecule has 0 unspecified atom stereocenters. The fourth-order valence-corrected chi connectivity index (χ4v) is 0.815. The monoisotopic (exact) mass is 183 g/mol. The van der Waals surface area contributed by atoms with Gasteiger partial charge in [-0.2, -0.15) is 0 Å². The third-order valence-electron chi connectivity index (χ3n) is 1.31. The number of carbonyl (C=O) groups excluding carboxylic acids is 1. The Bertz CT molecular complexity index is 312. The summed E-state index contributed by atoms with van der Waals surface area (Å²) in [5, 5.41) is 0. The van der Waals surface area contributed by atoms with Gasteiger partial charge < -0.3 is 4.74 Å². The Kier molecular flexibility index (Phi) is 2.95. The molecule has 0 aliphatic rings. The first-order valence-corrected chi connectivity index (χ1v) is 3.91. The maximum absolute atomic E-state index is 13.1. The van der Waals surface area contributed by atoms with Crippen LogP contribution in [-0.4, -0.2) is 17.4 Å². The molecule has 1 aromatic rings. The molecule has 0 spiro atoms. The average molecular weight is 183 g/mol. The lowest BCUT2D eigenvalue weighted by atomic mass is 10.3. The second-order valence-corrected chi connectivity index (χ2v) is 2.84. The Morgan fingerprint density at radius 2 is 2.31 bits per heavy atom. The lowest BCUT2D eigenvalue weighted by Crippen LogP contribution is -2.08. The first-order valence-electron chi connectivity index (χ1n) is 3.91. The number of nitrogens with zero attached hydrogens (tertiary/aromatic N) is 1. The van der Waals surface area contributed by atoms with Crippen LogP contribution in [0, 0.1) is 5.82 Å². The molecule has 0 bridgehead atoms. The van der Waals surface area contributed by atoms with Crippen LogP contribution in [0.4, 0.5) is 4.39 Å². The smallest absolute Gasteiger partial charge is 0.250 e. The van der Waals surface area contributed by atoms with E-state index in [1.165, 1.54) is 6.20 Å². The van der Waals surface area contributed by atoms with Gasteiger partial charge in [0.1, 0.15) is 0 Å². The molecule has 13 heavy (non-hydrogen) atoms. The van der Waals surface area contributed by atoms with Crippen LogP contribution in [0.1, 0.15) is 24.2 Å². The molecule has 0 saturated carbocycles. The van der Waals surface area contributed by atoms with Crippen LogP contribution in [0.3, 0.4) is 0 Å². The van der Waals surface area contributed by atoms with Gasteiger partial charge in [0.15, 0.2) is 12.1 Å². The Labute approximate surface area is 75.6 Å².